The van der Waals surface area contributed by atoms with E-state index in [9.17, 15) is 14.4 Å². The van der Waals surface area contributed by atoms with Crippen LogP contribution in [0.3, 0.4) is 0 Å². The number of rotatable bonds is 8. The van der Waals surface area contributed by atoms with Gasteiger partial charge < -0.3 is 14.5 Å². The van der Waals surface area contributed by atoms with E-state index in [1.807, 2.05) is 0 Å². The summed E-state index contributed by atoms with van der Waals surface area (Å²) < 4.78 is 5.16. The molecule has 1 heterocycles. The zero-order valence-corrected chi connectivity index (χ0v) is 19.4. The van der Waals surface area contributed by atoms with E-state index in [4.69, 9.17) is 4.74 Å². The van der Waals surface area contributed by atoms with Gasteiger partial charge in [-0.15, -0.1) is 0 Å². The molecule has 1 atom stereocenters. The number of methoxy groups -OCH3 is 1. The molecule has 1 saturated heterocycles. The molecule has 0 bridgehead atoms. The molecule has 7 nitrogen and oxygen atoms in total. The molecule has 2 aliphatic rings. The molecule has 3 rings (SSSR count). The first-order valence-electron chi connectivity index (χ1n) is 11.1. The SMILES string of the molecule is COc1ccc(N2CN(C(=O)CN(C(=O)C[C@@H](C)CC(C)(C)C)C3CC3)CC2=O)cc1. The van der Waals surface area contributed by atoms with Crippen LogP contribution in [0.1, 0.15) is 53.4 Å². The molecule has 1 aliphatic heterocycles. The minimum absolute atomic E-state index is 0.0397. The Balaban J connectivity index is 1.59. The van der Waals surface area contributed by atoms with Crippen LogP contribution in [0.15, 0.2) is 24.3 Å². The van der Waals surface area contributed by atoms with Crippen LogP contribution in [-0.2, 0) is 14.4 Å². The van der Waals surface area contributed by atoms with Gasteiger partial charge in [0.2, 0.25) is 17.7 Å². The second kappa shape index (κ2) is 9.28. The minimum atomic E-state index is -0.173. The average Bonchev–Trinajstić information content (AvgIpc) is 3.45. The third-order valence-electron chi connectivity index (χ3n) is 5.77. The highest BCUT2D eigenvalue weighted by Gasteiger charge is 2.38. The molecule has 1 aromatic carbocycles. The fraction of sp³-hybridized carbons (Fsp3) is 0.625. The summed E-state index contributed by atoms with van der Waals surface area (Å²) in [7, 11) is 1.59. The molecule has 0 aromatic heterocycles. The van der Waals surface area contributed by atoms with Crippen molar-refractivity contribution in [1.82, 2.24) is 9.80 Å². The largest absolute Gasteiger partial charge is 0.497 e. The number of anilines is 1. The predicted molar refractivity (Wildman–Crippen MR) is 120 cm³/mol. The van der Waals surface area contributed by atoms with Gasteiger partial charge in [-0.3, -0.25) is 19.3 Å². The Morgan fingerprint density at radius 2 is 1.84 bits per heavy atom. The number of hydrogen-bond acceptors (Lipinski definition) is 4. The fourth-order valence-electron chi connectivity index (χ4n) is 4.29. The Labute approximate surface area is 185 Å². The summed E-state index contributed by atoms with van der Waals surface area (Å²) in [5.41, 5.74) is 0.896. The van der Waals surface area contributed by atoms with Crippen LogP contribution < -0.4 is 9.64 Å². The van der Waals surface area contributed by atoms with Gasteiger partial charge in [0.15, 0.2) is 0 Å². The number of ether oxygens (including phenoxy) is 1. The van der Waals surface area contributed by atoms with Crippen molar-refractivity contribution in [3.05, 3.63) is 24.3 Å². The highest BCUT2D eigenvalue weighted by molar-refractivity contribution is 6.00. The normalized spacial score (nSPS) is 17.6. The van der Waals surface area contributed by atoms with Gasteiger partial charge in [0, 0.05) is 18.2 Å². The summed E-state index contributed by atoms with van der Waals surface area (Å²) in [6, 6.07) is 7.36. The lowest BCUT2D eigenvalue weighted by atomic mass is 9.84. The molecule has 0 spiro atoms. The number of carbonyl (C=O) groups is 3. The molecule has 1 aliphatic carbocycles. The smallest absolute Gasteiger partial charge is 0.248 e. The highest BCUT2D eigenvalue weighted by Crippen LogP contribution is 2.31. The van der Waals surface area contributed by atoms with Gasteiger partial charge in [0.25, 0.3) is 0 Å². The maximum Gasteiger partial charge on any atom is 0.248 e. The molecular formula is C24H35N3O4. The molecule has 1 aromatic rings. The van der Waals surface area contributed by atoms with E-state index in [1.165, 1.54) is 4.90 Å². The topological polar surface area (TPSA) is 70.2 Å². The first-order valence-corrected chi connectivity index (χ1v) is 11.1. The Kier molecular flexibility index (Phi) is 6.92. The van der Waals surface area contributed by atoms with Gasteiger partial charge in [-0.05, 0) is 54.9 Å². The van der Waals surface area contributed by atoms with E-state index in [2.05, 4.69) is 27.7 Å². The number of hydrogen-bond donors (Lipinski definition) is 0. The van der Waals surface area contributed by atoms with E-state index in [0.29, 0.717) is 12.2 Å². The Morgan fingerprint density at radius 1 is 1.19 bits per heavy atom. The minimum Gasteiger partial charge on any atom is -0.497 e. The van der Waals surface area contributed by atoms with Crippen molar-refractivity contribution in [2.75, 3.05) is 31.8 Å². The summed E-state index contributed by atoms with van der Waals surface area (Å²) in [5, 5.41) is 0. The average molecular weight is 430 g/mol. The van der Waals surface area contributed by atoms with Gasteiger partial charge in [-0.2, -0.15) is 0 Å². The van der Waals surface area contributed by atoms with Crippen molar-refractivity contribution < 1.29 is 19.1 Å². The fourth-order valence-corrected chi connectivity index (χ4v) is 4.29. The van der Waals surface area contributed by atoms with Gasteiger partial charge in [0.05, 0.1) is 7.11 Å². The summed E-state index contributed by atoms with van der Waals surface area (Å²) >= 11 is 0. The first-order chi connectivity index (χ1) is 14.6. The number of amides is 3. The molecule has 31 heavy (non-hydrogen) atoms. The molecule has 0 radical (unpaired) electrons. The molecule has 170 valence electrons. The molecule has 0 N–H and O–H groups in total. The zero-order valence-electron chi connectivity index (χ0n) is 19.4. The van der Waals surface area contributed by atoms with Gasteiger partial charge >= 0.3 is 0 Å². The Bertz CT molecular complexity index is 811. The van der Waals surface area contributed by atoms with Crippen LogP contribution in [-0.4, -0.2) is 60.4 Å². The van der Waals surface area contributed by atoms with Gasteiger partial charge in [-0.1, -0.05) is 27.7 Å². The van der Waals surface area contributed by atoms with E-state index in [-0.39, 0.29) is 54.9 Å². The monoisotopic (exact) mass is 429 g/mol. The molecular weight excluding hydrogens is 394 g/mol. The van der Waals surface area contributed by atoms with Gasteiger partial charge in [-0.25, -0.2) is 0 Å². The molecule has 0 unspecified atom stereocenters. The number of benzene rings is 1. The second-order valence-electron chi connectivity index (χ2n) is 10.1. The van der Waals surface area contributed by atoms with Crippen LogP contribution >= 0.6 is 0 Å². The first kappa shape index (κ1) is 23.1. The summed E-state index contributed by atoms with van der Waals surface area (Å²) in [5.74, 6) is 0.727. The van der Waals surface area contributed by atoms with Gasteiger partial charge in [0.1, 0.15) is 25.5 Å². The van der Waals surface area contributed by atoms with Crippen molar-refractivity contribution in [2.45, 2.75) is 59.4 Å². The van der Waals surface area contributed by atoms with Crippen LogP contribution in [0, 0.1) is 11.3 Å². The maximum atomic E-state index is 13.0. The van der Waals surface area contributed by atoms with Crippen molar-refractivity contribution in [3.63, 3.8) is 0 Å². The zero-order chi connectivity index (χ0) is 22.8. The van der Waals surface area contributed by atoms with E-state index in [1.54, 1.807) is 41.2 Å². The highest BCUT2D eigenvalue weighted by atomic mass is 16.5. The second-order valence-corrected chi connectivity index (χ2v) is 10.1. The number of nitrogens with zero attached hydrogens (tertiary/aromatic N) is 3. The van der Waals surface area contributed by atoms with Crippen molar-refractivity contribution in [3.8, 4) is 5.75 Å². The summed E-state index contributed by atoms with van der Waals surface area (Å²) in [6.45, 7) is 8.92. The maximum absolute atomic E-state index is 13.0. The lowest BCUT2D eigenvalue weighted by Gasteiger charge is -2.28. The predicted octanol–water partition coefficient (Wildman–Crippen LogP) is 3.28. The quantitative estimate of drug-likeness (QED) is 0.636. The van der Waals surface area contributed by atoms with Crippen molar-refractivity contribution in [2.24, 2.45) is 11.3 Å². The van der Waals surface area contributed by atoms with Crippen LogP contribution in [0.5, 0.6) is 5.75 Å². The lowest BCUT2D eigenvalue weighted by Crippen LogP contribution is -2.44. The summed E-state index contributed by atoms with van der Waals surface area (Å²) in [6.07, 6.45) is 3.31. The summed E-state index contributed by atoms with van der Waals surface area (Å²) in [4.78, 5) is 43.3. The number of carbonyl (C=O) groups excluding carboxylic acids is 3. The third-order valence-corrected chi connectivity index (χ3v) is 5.77. The van der Waals surface area contributed by atoms with E-state index in [0.717, 1.165) is 24.9 Å². The van der Waals surface area contributed by atoms with Crippen molar-refractivity contribution in [1.29, 1.82) is 0 Å². The third kappa shape index (κ3) is 6.21. The lowest BCUT2D eigenvalue weighted by molar-refractivity contribution is -0.141. The van der Waals surface area contributed by atoms with Crippen LogP contribution in [0.2, 0.25) is 0 Å². The standard InChI is InChI=1S/C24H35N3O4/c1-17(13-24(2,3)4)12-21(28)26(18-6-7-18)15-22(29)25-14-23(30)27(16-25)19-8-10-20(31-5)11-9-19/h8-11,17-18H,6-7,12-16H2,1-5H3/t17-/m1/s1. The van der Waals surface area contributed by atoms with E-state index < -0.39 is 0 Å². The molecule has 2 fully saturated rings. The molecule has 7 heteroatoms. The van der Waals surface area contributed by atoms with Crippen LogP contribution in [0.25, 0.3) is 0 Å². The Hall–Kier alpha value is -2.57. The molecule has 1 saturated carbocycles. The Morgan fingerprint density at radius 3 is 2.39 bits per heavy atom. The molecule has 3 amide bonds. The van der Waals surface area contributed by atoms with E-state index >= 15 is 0 Å². The van der Waals surface area contributed by atoms with Crippen molar-refractivity contribution >= 4 is 23.4 Å². The van der Waals surface area contributed by atoms with Crippen LogP contribution in [0.4, 0.5) is 5.69 Å².